The second kappa shape index (κ2) is 7.97. The van der Waals surface area contributed by atoms with E-state index in [2.05, 4.69) is 5.32 Å². The fourth-order valence-corrected chi connectivity index (χ4v) is 3.81. The molecule has 0 saturated heterocycles. The molecule has 1 unspecified atom stereocenters. The zero-order valence-corrected chi connectivity index (χ0v) is 16.1. The molecule has 0 heterocycles. The molecule has 140 valence electrons. The molecule has 1 amide bonds. The highest BCUT2D eigenvalue weighted by Gasteiger charge is 2.33. The van der Waals surface area contributed by atoms with Crippen LogP contribution in [0.25, 0.3) is 0 Å². The molecule has 7 nitrogen and oxygen atoms in total. The predicted molar refractivity (Wildman–Crippen MR) is 95.1 cm³/mol. The highest BCUT2D eigenvalue weighted by atomic mass is 32.2. The maximum atomic E-state index is 12.6. The zero-order valence-electron chi connectivity index (χ0n) is 15.3. The lowest BCUT2D eigenvalue weighted by atomic mass is 9.98. The van der Waals surface area contributed by atoms with Gasteiger partial charge in [0.1, 0.15) is 5.54 Å². The first-order chi connectivity index (χ1) is 11.5. The first-order valence-corrected chi connectivity index (χ1v) is 9.64. The third-order valence-corrected chi connectivity index (χ3v) is 6.41. The summed E-state index contributed by atoms with van der Waals surface area (Å²) >= 11 is 0. The van der Waals surface area contributed by atoms with Crippen molar-refractivity contribution in [2.75, 3.05) is 13.1 Å². The van der Waals surface area contributed by atoms with Gasteiger partial charge in [-0.3, -0.25) is 4.79 Å². The Morgan fingerprint density at radius 2 is 1.76 bits per heavy atom. The van der Waals surface area contributed by atoms with Crippen molar-refractivity contribution in [1.82, 2.24) is 9.62 Å². The molecule has 1 rings (SSSR count). The van der Waals surface area contributed by atoms with Crippen LogP contribution in [0.2, 0.25) is 0 Å². The number of sulfonamides is 1. The van der Waals surface area contributed by atoms with Crippen molar-refractivity contribution in [2.24, 2.45) is 0 Å². The number of carbonyl (C=O) groups excluding carboxylic acids is 1. The summed E-state index contributed by atoms with van der Waals surface area (Å²) in [5.41, 5.74) is -0.703. The van der Waals surface area contributed by atoms with Crippen LogP contribution in [0.4, 0.5) is 0 Å². The molecule has 2 N–H and O–H groups in total. The maximum absolute atomic E-state index is 12.6. The third-order valence-electron chi connectivity index (χ3n) is 4.37. The Kier molecular flexibility index (Phi) is 6.73. The van der Waals surface area contributed by atoms with Crippen LogP contribution in [0, 0.1) is 6.92 Å². The Hall–Kier alpha value is -1.93. The van der Waals surface area contributed by atoms with E-state index in [0.29, 0.717) is 18.7 Å². The highest BCUT2D eigenvalue weighted by Crippen LogP contribution is 2.21. The van der Waals surface area contributed by atoms with Crippen molar-refractivity contribution < 1.29 is 23.1 Å². The van der Waals surface area contributed by atoms with E-state index < -0.39 is 27.4 Å². The van der Waals surface area contributed by atoms with E-state index in [0.717, 1.165) is 0 Å². The lowest BCUT2D eigenvalue weighted by Gasteiger charge is -2.25. The van der Waals surface area contributed by atoms with Gasteiger partial charge >= 0.3 is 5.97 Å². The van der Waals surface area contributed by atoms with Gasteiger partial charge in [-0.2, -0.15) is 4.31 Å². The van der Waals surface area contributed by atoms with Crippen LogP contribution in [-0.4, -0.2) is 48.3 Å². The van der Waals surface area contributed by atoms with Gasteiger partial charge in [-0.15, -0.1) is 0 Å². The molecule has 0 aromatic heterocycles. The van der Waals surface area contributed by atoms with Gasteiger partial charge in [0.15, 0.2) is 0 Å². The summed E-state index contributed by atoms with van der Waals surface area (Å²) in [6.07, 6.45) is 0.199. The fourth-order valence-electron chi connectivity index (χ4n) is 2.33. The van der Waals surface area contributed by atoms with Gasteiger partial charge in [0, 0.05) is 18.7 Å². The SMILES string of the molecule is CCN(CC)S(=O)(=O)c1ccc(C)c(C(=O)NC(C)(CC)C(=O)O)c1. The number of carboxylic acid groups (broad SMARTS) is 1. The Morgan fingerprint density at radius 3 is 2.20 bits per heavy atom. The largest absolute Gasteiger partial charge is 0.480 e. The number of carbonyl (C=O) groups is 2. The minimum absolute atomic E-state index is 0.0143. The second-order valence-corrected chi connectivity index (χ2v) is 7.95. The van der Waals surface area contributed by atoms with Gasteiger partial charge in [-0.25, -0.2) is 13.2 Å². The van der Waals surface area contributed by atoms with E-state index in [-0.39, 0.29) is 16.9 Å². The minimum Gasteiger partial charge on any atom is -0.480 e. The van der Waals surface area contributed by atoms with Crippen LogP contribution in [-0.2, 0) is 14.8 Å². The van der Waals surface area contributed by atoms with Gasteiger partial charge in [-0.1, -0.05) is 26.8 Å². The topological polar surface area (TPSA) is 104 Å². The number of rotatable bonds is 8. The number of benzene rings is 1. The summed E-state index contributed by atoms with van der Waals surface area (Å²) < 4.78 is 26.6. The van der Waals surface area contributed by atoms with Gasteiger partial charge < -0.3 is 10.4 Å². The fraction of sp³-hybridized carbons (Fsp3) is 0.529. The Balaban J connectivity index is 3.31. The molecule has 0 fully saturated rings. The first kappa shape index (κ1) is 21.1. The van der Waals surface area contributed by atoms with Crippen molar-refractivity contribution >= 4 is 21.9 Å². The van der Waals surface area contributed by atoms with Gasteiger partial charge in [0.25, 0.3) is 5.91 Å². The number of amides is 1. The van der Waals surface area contributed by atoms with Crippen LogP contribution < -0.4 is 5.32 Å². The maximum Gasteiger partial charge on any atom is 0.329 e. The number of nitrogens with zero attached hydrogens (tertiary/aromatic N) is 1. The van der Waals surface area contributed by atoms with Gasteiger partial charge in [0.2, 0.25) is 10.0 Å². The Bertz CT molecular complexity index is 756. The van der Waals surface area contributed by atoms with E-state index in [4.69, 9.17) is 0 Å². The highest BCUT2D eigenvalue weighted by molar-refractivity contribution is 7.89. The van der Waals surface area contributed by atoms with Gasteiger partial charge in [-0.05, 0) is 38.0 Å². The standard InChI is InChI=1S/C17H26N2O5S/c1-6-17(5,16(21)22)18-15(20)14-11-13(10-9-12(14)4)25(23,24)19(7-2)8-3/h9-11H,6-8H2,1-5H3,(H,18,20)(H,21,22). The molecule has 0 spiro atoms. The summed E-state index contributed by atoms with van der Waals surface area (Å²) in [7, 11) is -3.70. The third kappa shape index (κ3) is 4.38. The quantitative estimate of drug-likeness (QED) is 0.728. The number of nitrogens with one attached hydrogen (secondary N) is 1. The Morgan fingerprint density at radius 1 is 1.20 bits per heavy atom. The van der Waals surface area contributed by atoms with Crippen LogP contribution in [0.5, 0.6) is 0 Å². The van der Waals surface area contributed by atoms with Crippen molar-refractivity contribution in [3.8, 4) is 0 Å². The normalized spacial score (nSPS) is 14.2. The summed E-state index contributed by atoms with van der Waals surface area (Å²) in [6.45, 7) is 8.86. The van der Waals surface area contributed by atoms with Crippen LogP contribution in [0.1, 0.15) is 50.0 Å². The molecule has 0 aliphatic carbocycles. The molecule has 0 radical (unpaired) electrons. The van der Waals surface area contributed by atoms with E-state index >= 15 is 0 Å². The predicted octanol–water partition coefficient (Wildman–Crippen LogP) is 2.01. The lowest BCUT2D eigenvalue weighted by Crippen LogP contribution is -2.51. The molecular weight excluding hydrogens is 344 g/mol. The molecule has 1 aromatic carbocycles. The molecule has 0 aliphatic heterocycles. The smallest absolute Gasteiger partial charge is 0.329 e. The molecule has 8 heteroatoms. The van der Waals surface area contributed by atoms with Crippen molar-refractivity contribution in [3.05, 3.63) is 29.3 Å². The van der Waals surface area contributed by atoms with Crippen LogP contribution in [0.15, 0.2) is 23.1 Å². The van der Waals surface area contributed by atoms with Crippen LogP contribution in [0.3, 0.4) is 0 Å². The van der Waals surface area contributed by atoms with Crippen molar-refractivity contribution in [3.63, 3.8) is 0 Å². The van der Waals surface area contributed by atoms with Crippen LogP contribution >= 0.6 is 0 Å². The minimum atomic E-state index is -3.70. The molecule has 1 aromatic rings. The molecule has 0 saturated carbocycles. The van der Waals surface area contributed by atoms with Crippen molar-refractivity contribution in [2.45, 2.75) is 51.5 Å². The number of carboxylic acids is 1. The molecular formula is C17H26N2O5S. The van der Waals surface area contributed by atoms with E-state index in [1.165, 1.54) is 23.4 Å². The van der Waals surface area contributed by atoms with Crippen molar-refractivity contribution in [1.29, 1.82) is 0 Å². The zero-order chi connectivity index (χ0) is 19.4. The summed E-state index contributed by atoms with van der Waals surface area (Å²) in [4.78, 5) is 23.9. The number of aryl methyl sites for hydroxylation is 1. The summed E-state index contributed by atoms with van der Waals surface area (Å²) in [6, 6.07) is 4.31. The van der Waals surface area contributed by atoms with E-state index in [1.54, 1.807) is 33.8 Å². The Labute approximate surface area is 149 Å². The average Bonchev–Trinajstić information content (AvgIpc) is 2.55. The number of aliphatic carboxylic acids is 1. The molecule has 25 heavy (non-hydrogen) atoms. The number of hydrogen-bond acceptors (Lipinski definition) is 4. The number of hydrogen-bond donors (Lipinski definition) is 2. The summed E-state index contributed by atoms with van der Waals surface area (Å²) in [5.74, 6) is -1.76. The molecule has 1 atom stereocenters. The lowest BCUT2D eigenvalue weighted by molar-refractivity contribution is -0.143. The molecule has 0 aliphatic rings. The first-order valence-electron chi connectivity index (χ1n) is 8.20. The monoisotopic (exact) mass is 370 g/mol. The summed E-state index contributed by atoms with van der Waals surface area (Å²) in [5, 5.41) is 11.8. The average molecular weight is 370 g/mol. The van der Waals surface area contributed by atoms with E-state index in [9.17, 15) is 23.1 Å². The van der Waals surface area contributed by atoms with Gasteiger partial charge in [0.05, 0.1) is 4.90 Å². The van der Waals surface area contributed by atoms with E-state index in [1.807, 2.05) is 0 Å². The molecule has 0 bridgehead atoms. The second-order valence-electron chi connectivity index (χ2n) is 6.01.